The number of hydrogen-bond donors (Lipinski definition) is 2. The van der Waals surface area contributed by atoms with E-state index in [-0.39, 0.29) is 5.60 Å². The van der Waals surface area contributed by atoms with Crippen molar-refractivity contribution in [3.05, 3.63) is 24.5 Å². The molecule has 2 N–H and O–H groups in total. The predicted octanol–water partition coefficient (Wildman–Crippen LogP) is 1.93. The van der Waals surface area contributed by atoms with E-state index in [4.69, 9.17) is 0 Å². The van der Waals surface area contributed by atoms with Crippen LogP contribution in [0.15, 0.2) is 24.5 Å². The van der Waals surface area contributed by atoms with Crippen molar-refractivity contribution in [3.63, 3.8) is 0 Å². The van der Waals surface area contributed by atoms with Crippen LogP contribution in [0.4, 0.5) is 5.69 Å². The molecular weight excluding hydrogens is 280 g/mol. The molecule has 1 fully saturated rings. The van der Waals surface area contributed by atoms with Crippen molar-refractivity contribution in [2.45, 2.75) is 26.4 Å². The molecule has 0 aliphatic carbocycles. The van der Waals surface area contributed by atoms with Gasteiger partial charge in [0.25, 0.3) is 6.47 Å². The number of H-pyrrole nitrogens is 1. The molecule has 22 heavy (non-hydrogen) atoms. The lowest BCUT2D eigenvalue weighted by atomic mass is 10.2. The summed E-state index contributed by atoms with van der Waals surface area (Å²) in [6, 6.07) is 4.20. The van der Waals surface area contributed by atoms with Crippen LogP contribution in [0.1, 0.15) is 20.8 Å². The Bertz CT molecular complexity index is 597. The van der Waals surface area contributed by atoms with Crippen LogP contribution < -0.4 is 10.2 Å². The number of nitrogens with one attached hydrogen (secondary N) is 2. The smallest absolute Gasteiger partial charge is 0.293 e. The number of carbonyl (C=O) groups excluding carboxylic acids is 1. The zero-order valence-electron chi connectivity index (χ0n) is 13.4. The SMILES string of the molecule is CC(C)(C)OC=O.c1cc(N2CCNCC2)c2cc[nH]c2n1. The summed E-state index contributed by atoms with van der Waals surface area (Å²) in [5, 5.41) is 4.58. The van der Waals surface area contributed by atoms with E-state index in [0.717, 1.165) is 31.8 Å². The van der Waals surface area contributed by atoms with E-state index in [2.05, 4.69) is 37.1 Å². The maximum atomic E-state index is 9.60. The van der Waals surface area contributed by atoms with E-state index >= 15 is 0 Å². The highest BCUT2D eigenvalue weighted by molar-refractivity contribution is 5.89. The number of hydrogen-bond acceptors (Lipinski definition) is 5. The van der Waals surface area contributed by atoms with Crippen molar-refractivity contribution in [2.75, 3.05) is 31.1 Å². The highest BCUT2D eigenvalue weighted by Crippen LogP contribution is 2.24. The quantitative estimate of drug-likeness (QED) is 0.830. The summed E-state index contributed by atoms with van der Waals surface area (Å²) in [6.07, 6.45) is 3.82. The van der Waals surface area contributed by atoms with Crippen molar-refractivity contribution < 1.29 is 9.53 Å². The van der Waals surface area contributed by atoms with E-state index in [9.17, 15) is 4.79 Å². The summed E-state index contributed by atoms with van der Waals surface area (Å²) in [7, 11) is 0. The molecule has 0 spiro atoms. The van der Waals surface area contributed by atoms with Gasteiger partial charge in [0, 0.05) is 49.6 Å². The van der Waals surface area contributed by atoms with Gasteiger partial charge in [-0.1, -0.05) is 0 Å². The molecule has 2 aromatic heterocycles. The molecule has 0 saturated carbocycles. The van der Waals surface area contributed by atoms with Crippen molar-refractivity contribution >= 4 is 23.2 Å². The summed E-state index contributed by atoms with van der Waals surface area (Å²) in [6.45, 7) is 10.2. The number of anilines is 1. The Morgan fingerprint density at radius 3 is 2.59 bits per heavy atom. The Hall–Kier alpha value is -2.08. The fraction of sp³-hybridized carbons (Fsp3) is 0.500. The minimum Gasteiger partial charge on any atom is -0.462 e. The average molecular weight is 304 g/mol. The van der Waals surface area contributed by atoms with Crippen molar-refractivity contribution in [1.82, 2.24) is 15.3 Å². The fourth-order valence-electron chi connectivity index (χ4n) is 2.27. The standard InChI is InChI=1S/C11H14N4.C5H10O2/c1-3-13-11-9(1)10(2-4-14-11)15-7-5-12-6-8-15;1-5(2,3)7-4-6/h1-4,12H,5-8H2,(H,13,14);4H,1-3H3. The molecule has 0 unspecified atom stereocenters. The zero-order valence-corrected chi connectivity index (χ0v) is 13.4. The van der Waals surface area contributed by atoms with Crippen LogP contribution in [-0.4, -0.2) is 48.2 Å². The molecule has 6 nitrogen and oxygen atoms in total. The van der Waals surface area contributed by atoms with Gasteiger partial charge < -0.3 is 19.9 Å². The van der Waals surface area contributed by atoms with Crippen LogP contribution in [-0.2, 0) is 9.53 Å². The maximum Gasteiger partial charge on any atom is 0.293 e. The number of piperazine rings is 1. The van der Waals surface area contributed by atoms with Crippen LogP contribution in [0.25, 0.3) is 11.0 Å². The van der Waals surface area contributed by atoms with Gasteiger partial charge in [0.05, 0.1) is 0 Å². The highest BCUT2D eigenvalue weighted by Gasteiger charge is 2.13. The lowest BCUT2D eigenvalue weighted by Gasteiger charge is -2.29. The van der Waals surface area contributed by atoms with Crippen LogP contribution >= 0.6 is 0 Å². The molecule has 6 heteroatoms. The Kier molecular flexibility index (Phi) is 5.38. The second-order valence-electron chi connectivity index (χ2n) is 6.13. The molecule has 2 aromatic rings. The fourth-order valence-corrected chi connectivity index (χ4v) is 2.27. The van der Waals surface area contributed by atoms with Gasteiger partial charge in [-0.15, -0.1) is 0 Å². The molecule has 0 atom stereocenters. The normalized spacial score (nSPS) is 15.1. The van der Waals surface area contributed by atoms with Crippen molar-refractivity contribution in [3.8, 4) is 0 Å². The van der Waals surface area contributed by atoms with Crippen LogP contribution in [0.2, 0.25) is 0 Å². The summed E-state index contributed by atoms with van der Waals surface area (Å²) < 4.78 is 4.55. The van der Waals surface area contributed by atoms with E-state index in [0.29, 0.717) is 6.47 Å². The molecule has 0 amide bonds. The first-order chi connectivity index (χ1) is 10.5. The number of rotatable bonds is 2. The number of carbonyl (C=O) groups is 1. The van der Waals surface area contributed by atoms with Gasteiger partial charge in [-0.2, -0.15) is 0 Å². The Labute approximate surface area is 130 Å². The Balaban J connectivity index is 0.000000217. The second-order valence-corrected chi connectivity index (χ2v) is 6.13. The third kappa shape index (κ3) is 4.46. The van der Waals surface area contributed by atoms with Gasteiger partial charge in [-0.05, 0) is 32.9 Å². The van der Waals surface area contributed by atoms with E-state index in [1.165, 1.54) is 11.1 Å². The average Bonchev–Trinajstić information content (AvgIpc) is 2.96. The first kappa shape index (κ1) is 16.3. The summed E-state index contributed by atoms with van der Waals surface area (Å²) in [4.78, 5) is 19.5. The first-order valence-corrected chi connectivity index (χ1v) is 7.50. The molecule has 0 radical (unpaired) electrons. The van der Waals surface area contributed by atoms with Gasteiger partial charge in [0.2, 0.25) is 0 Å². The molecule has 1 aliphatic rings. The predicted molar refractivity (Wildman–Crippen MR) is 88.1 cm³/mol. The first-order valence-electron chi connectivity index (χ1n) is 7.50. The second kappa shape index (κ2) is 7.26. The number of aromatic amines is 1. The number of aromatic nitrogens is 2. The van der Waals surface area contributed by atoms with Crippen molar-refractivity contribution in [1.29, 1.82) is 0 Å². The minimum absolute atomic E-state index is 0.318. The van der Waals surface area contributed by atoms with E-state index in [1.807, 2.05) is 33.2 Å². The molecular formula is C16H24N4O2. The molecule has 1 saturated heterocycles. The van der Waals surface area contributed by atoms with Gasteiger partial charge in [-0.25, -0.2) is 4.98 Å². The van der Waals surface area contributed by atoms with E-state index in [1.54, 1.807) is 0 Å². The largest absolute Gasteiger partial charge is 0.462 e. The molecule has 120 valence electrons. The molecule has 0 bridgehead atoms. The lowest BCUT2D eigenvalue weighted by Crippen LogP contribution is -2.43. The maximum absolute atomic E-state index is 9.60. The van der Waals surface area contributed by atoms with Crippen LogP contribution in [0.3, 0.4) is 0 Å². The summed E-state index contributed by atoms with van der Waals surface area (Å²) >= 11 is 0. The molecule has 0 aromatic carbocycles. The topological polar surface area (TPSA) is 70.2 Å². The molecule has 1 aliphatic heterocycles. The highest BCUT2D eigenvalue weighted by atomic mass is 16.5. The van der Waals surface area contributed by atoms with Gasteiger partial charge in [0.1, 0.15) is 11.2 Å². The number of fused-ring (bicyclic) bond motifs is 1. The third-order valence-corrected chi connectivity index (χ3v) is 3.30. The summed E-state index contributed by atoms with van der Waals surface area (Å²) in [5.41, 5.74) is 1.95. The van der Waals surface area contributed by atoms with Gasteiger partial charge in [-0.3, -0.25) is 4.79 Å². The molecule has 3 heterocycles. The van der Waals surface area contributed by atoms with E-state index < -0.39 is 0 Å². The number of pyridine rings is 1. The zero-order chi connectivity index (χ0) is 16.0. The monoisotopic (exact) mass is 304 g/mol. The molecule has 3 rings (SSSR count). The van der Waals surface area contributed by atoms with Crippen molar-refractivity contribution in [2.24, 2.45) is 0 Å². The minimum atomic E-state index is -0.318. The van der Waals surface area contributed by atoms with Crippen LogP contribution in [0.5, 0.6) is 0 Å². The number of ether oxygens (including phenoxy) is 1. The van der Waals surface area contributed by atoms with Crippen LogP contribution in [0, 0.1) is 0 Å². The third-order valence-electron chi connectivity index (χ3n) is 3.30. The number of nitrogens with zero attached hydrogens (tertiary/aromatic N) is 2. The summed E-state index contributed by atoms with van der Waals surface area (Å²) in [5.74, 6) is 0. The van der Waals surface area contributed by atoms with Gasteiger partial charge >= 0.3 is 0 Å². The lowest BCUT2D eigenvalue weighted by molar-refractivity contribution is -0.138. The van der Waals surface area contributed by atoms with Gasteiger partial charge in [0.15, 0.2) is 0 Å². The Morgan fingerprint density at radius 2 is 2.00 bits per heavy atom. The Morgan fingerprint density at radius 1 is 1.27 bits per heavy atom.